The van der Waals surface area contributed by atoms with E-state index >= 15 is 0 Å². The molecular weight excluding hydrogens is 160 g/mol. The van der Waals surface area contributed by atoms with Crippen molar-refractivity contribution < 1.29 is 5.11 Å². The molecule has 1 aromatic carbocycles. The summed E-state index contributed by atoms with van der Waals surface area (Å²) in [6.07, 6.45) is 6.10. The Hall–Kier alpha value is -1.50. The molecule has 0 aliphatic heterocycles. The molecular formula is C12H14O. The Morgan fingerprint density at radius 1 is 1.15 bits per heavy atom. The van der Waals surface area contributed by atoms with E-state index in [0.717, 1.165) is 5.56 Å². The highest BCUT2D eigenvalue weighted by molar-refractivity contribution is 5.73. The van der Waals surface area contributed by atoms with Gasteiger partial charge in [0.05, 0.1) is 0 Å². The maximum absolute atomic E-state index is 9.10. The maximum atomic E-state index is 9.10. The fourth-order valence-electron chi connectivity index (χ4n) is 1.19. The first kappa shape index (κ1) is 9.59. The lowest BCUT2D eigenvalue weighted by Gasteiger charge is -2.01. The molecule has 0 heterocycles. The molecule has 1 aromatic rings. The fourth-order valence-corrected chi connectivity index (χ4v) is 1.19. The number of hydrogen-bond donors (Lipinski definition) is 1. The number of phenolic OH excluding ortho intramolecular Hbond substituents is 1. The first-order valence-corrected chi connectivity index (χ1v) is 4.36. The van der Waals surface area contributed by atoms with Gasteiger partial charge in [0.15, 0.2) is 0 Å². The number of rotatable bonds is 2. The monoisotopic (exact) mass is 174 g/mol. The molecule has 0 spiro atoms. The fraction of sp³-hybridized carbons (Fsp3) is 0.167. The third-order valence-electron chi connectivity index (χ3n) is 1.86. The molecule has 1 rings (SSSR count). The molecule has 0 radical (unpaired) electrons. The maximum Gasteiger partial charge on any atom is 0.115 e. The molecule has 0 aliphatic carbocycles. The van der Waals surface area contributed by atoms with Crippen molar-refractivity contribution in [3.05, 3.63) is 48.1 Å². The molecule has 0 saturated carbocycles. The Balaban J connectivity index is 3.00. The number of allylic oxidation sites excluding steroid dienone is 4. The topological polar surface area (TPSA) is 20.2 Å². The lowest BCUT2D eigenvalue weighted by Crippen LogP contribution is -1.78. The van der Waals surface area contributed by atoms with Gasteiger partial charge in [-0.25, -0.2) is 0 Å². The van der Waals surface area contributed by atoms with Gasteiger partial charge in [-0.1, -0.05) is 30.4 Å². The van der Waals surface area contributed by atoms with Crippen LogP contribution in [0.2, 0.25) is 0 Å². The minimum atomic E-state index is 0.305. The van der Waals surface area contributed by atoms with Crippen LogP contribution in [-0.2, 0) is 0 Å². The quantitative estimate of drug-likeness (QED) is 0.681. The largest absolute Gasteiger partial charge is 0.508 e. The summed E-state index contributed by atoms with van der Waals surface area (Å²) in [5.74, 6) is 0.305. The van der Waals surface area contributed by atoms with Crippen molar-refractivity contribution in [2.75, 3.05) is 0 Å². The van der Waals surface area contributed by atoms with E-state index in [9.17, 15) is 0 Å². The Bertz CT molecular complexity index is 317. The van der Waals surface area contributed by atoms with Gasteiger partial charge in [-0.3, -0.25) is 0 Å². The molecule has 1 heteroatoms. The average molecular weight is 174 g/mol. The summed E-state index contributed by atoms with van der Waals surface area (Å²) in [6.45, 7) is 3.99. The van der Waals surface area contributed by atoms with E-state index in [1.54, 1.807) is 12.1 Å². The number of aromatic hydroxyl groups is 1. The van der Waals surface area contributed by atoms with E-state index in [0.29, 0.717) is 5.75 Å². The van der Waals surface area contributed by atoms with E-state index in [1.165, 1.54) is 5.57 Å². The van der Waals surface area contributed by atoms with Crippen molar-refractivity contribution in [3.63, 3.8) is 0 Å². The normalized spacial score (nSPS) is 12.3. The van der Waals surface area contributed by atoms with Crippen LogP contribution >= 0.6 is 0 Å². The molecule has 0 fully saturated rings. The van der Waals surface area contributed by atoms with Crippen LogP contribution in [0.15, 0.2) is 42.5 Å². The van der Waals surface area contributed by atoms with Crippen LogP contribution in [0.5, 0.6) is 5.75 Å². The first-order chi connectivity index (χ1) is 6.27. The molecule has 1 nitrogen and oxygen atoms in total. The van der Waals surface area contributed by atoms with Gasteiger partial charge in [0.2, 0.25) is 0 Å². The van der Waals surface area contributed by atoms with Crippen LogP contribution in [0.4, 0.5) is 0 Å². The van der Waals surface area contributed by atoms with Crippen LogP contribution in [0, 0.1) is 0 Å². The predicted octanol–water partition coefficient (Wildman–Crippen LogP) is 3.37. The van der Waals surface area contributed by atoms with Gasteiger partial charge in [-0.05, 0) is 37.1 Å². The smallest absolute Gasteiger partial charge is 0.115 e. The Morgan fingerprint density at radius 3 is 2.23 bits per heavy atom. The van der Waals surface area contributed by atoms with Gasteiger partial charge in [-0.15, -0.1) is 0 Å². The molecule has 0 amide bonds. The van der Waals surface area contributed by atoms with E-state index in [2.05, 4.69) is 0 Å². The molecule has 0 unspecified atom stereocenters. The minimum Gasteiger partial charge on any atom is -0.508 e. The highest BCUT2D eigenvalue weighted by atomic mass is 16.3. The summed E-state index contributed by atoms with van der Waals surface area (Å²) < 4.78 is 0. The van der Waals surface area contributed by atoms with Gasteiger partial charge in [0.1, 0.15) is 5.75 Å². The van der Waals surface area contributed by atoms with Gasteiger partial charge in [0.25, 0.3) is 0 Å². The lowest BCUT2D eigenvalue weighted by molar-refractivity contribution is 0.475. The molecule has 13 heavy (non-hydrogen) atoms. The molecule has 0 saturated heterocycles. The molecule has 1 N–H and O–H groups in total. The van der Waals surface area contributed by atoms with Gasteiger partial charge in [0, 0.05) is 0 Å². The third kappa shape index (κ3) is 2.48. The van der Waals surface area contributed by atoms with E-state index in [1.807, 2.05) is 44.2 Å². The number of hydrogen-bond acceptors (Lipinski definition) is 1. The summed E-state index contributed by atoms with van der Waals surface area (Å²) in [6, 6.07) is 7.21. The zero-order valence-corrected chi connectivity index (χ0v) is 7.99. The second kappa shape index (κ2) is 4.51. The van der Waals surface area contributed by atoms with E-state index < -0.39 is 0 Å². The van der Waals surface area contributed by atoms with Crippen molar-refractivity contribution in [3.8, 4) is 5.75 Å². The van der Waals surface area contributed by atoms with Gasteiger partial charge >= 0.3 is 0 Å². The van der Waals surface area contributed by atoms with Gasteiger partial charge in [-0.2, -0.15) is 0 Å². The minimum absolute atomic E-state index is 0.305. The van der Waals surface area contributed by atoms with Crippen LogP contribution in [0.1, 0.15) is 19.4 Å². The Morgan fingerprint density at radius 2 is 1.77 bits per heavy atom. The Kier molecular flexibility index (Phi) is 3.32. The predicted molar refractivity (Wildman–Crippen MR) is 56.6 cm³/mol. The van der Waals surface area contributed by atoms with Crippen LogP contribution in [-0.4, -0.2) is 5.11 Å². The van der Waals surface area contributed by atoms with Crippen LogP contribution < -0.4 is 0 Å². The zero-order chi connectivity index (χ0) is 9.68. The van der Waals surface area contributed by atoms with Gasteiger partial charge < -0.3 is 5.11 Å². The second-order valence-electron chi connectivity index (χ2n) is 2.79. The van der Waals surface area contributed by atoms with Crippen molar-refractivity contribution in [2.24, 2.45) is 0 Å². The van der Waals surface area contributed by atoms with E-state index in [-0.39, 0.29) is 0 Å². The Labute approximate surface area is 79.0 Å². The van der Waals surface area contributed by atoms with Crippen molar-refractivity contribution in [1.29, 1.82) is 0 Å². The van der Waals surface area contributed by atoms with Crippen molar-refractivity contribution in [2.45, 2.75) is 13.8 Å². The second-order valence-corrected chi connectivity index (χ2v) is 2.79. The summed E-state index contributed by atoms with van der Waals surface area (Å²) in [7, 11) is 0. The summed E-state index contributed by atoms with van der Waals surface area (Å²) in [5, 5.41) is 9.10. The average Bonchev–Trinajstić information content (AvgIpc) is 2.16. The number of phenols is 1. The highest BCUT2D eigenvalue weighted by Gasteiger charge is 1.95. The zero-order valence-electron chi connectivity index (χ0n) is 7.99. The molecule has 0 aliphatic rings. The third-order valence-corrected chi connectivity index (χ3v) is 1.86. The molecule has 68 valence electrons. The van der Waals surface area contributed by atoms with E-state index in [4.69, 9.17) is 5.11 Å². The van der Waals surface area contributed by atoms with Crippen molar-refractivity contribution >= 4 is 5.57 Å². The SMILES string of the molecule is CC=C/C(=C/C)c1ccc(O)cc1. The molecule has 0 atom stereocenters. The van der Waals surface area contributed by atoms with Crippen LogP contribution in [0.25, 0.3) is 5.57 Å². The molecule has 0 bridgehead atoms. The summed E-state index contributed by atoms with van der Waals surface area (Å²) in [5.41, 5.74) is 2.29. The standard InChI is InChI=1S/C12H14O/c1-3-5-10(4-2)11-6-8-12(13)9-7-11/h3-9,13H,1-2H3/b5-3?,10-4-. The first-order valence-electron chi connectivity index (χ1n) is 4.36. The van der Waals surface area contributed by atoms with Crippen molar-refractivity contribution in [1.82, 2.24) is 0 Å². The summed E-state index contributed by atoms with van der Waals surface area (Å²) >= 11 is 0. The summed E-state index contributed by atoms with van der Waals surface area (Å²) in [4.78, 5) is 0. The van der Waals surface area contributed by atoms with Crippen LogP contribution in [0.3, 0.4) is 0 Å². The highest BCUT2D eigenvalue weighted by Crippen LogP contribution is 2.18. The molecule has 0 aromatic heterocycles. The number of benzene rings is 1. The lowest BCUT2D eigenvalue weighted by atomic mass is 10.1.